The molecule has 0 spiro atoms. The van der Waals surface area contributed by atoms with Crippen molar-refractivity contribution in [3.05, 3.63) is 48.2 Å². The molecule has 0 bridgehead atoms. The van der Waals surface area contributed by atoms with Gasteiger partial charge in [-0.25, -0.2) is 18.2 Å². The van der Waals surface area contributed by atoms with Gasteiger partial charge < -0.3 is 49.8 Å². The Bertz CT molecular complexity index is 1530. The van der Waals surface area contributed by atoms with Crippen LogP contribution in [-0.4, -0.2) is 126 Å². The van der Waals surface area contributed by atoms with Crippen molar-refractivity contribution >= 4 is 39.4 Å². The van der Waals surface area contributed by atoms with Crippen LogP contribution in [0.15, 0.2) is 47.5 Å². The topological polar surface area (TPSA) is 238 Å². The minimum atomic E-state index is -3.66. The highest BCUT2D eigenvalue weighted by Gasteiger charge is 2.15. The lowest BCUT2D eigenvalue weighted by Crippen LogP contribution is -2.31. The Balaban J connectivity index is 1.49. The Morgan fingerprint density at radius 2 is 1.16 bits per heavy atom. The van der Waals surface area contributed by atoms with Crippen LogP contribution in [0, 0.1) is 0 Å². The van der Waals surface area contributed by atoms with E-state index in [-0.39, 0.29) is 95.0 Å². The largest absolute Gasteiger partial charge is 0.494 e. The number of carbonyl (C=O) groups is 4. The number of carboxylic acids is 2. The van der Waals surface area contributed by atoms with Crippen molar-refractivity contribution in [3.63, 3.8) is 0 Å². The molecule has 0 saturated heterocycles. The van der Waals surface area contributed by atoms with E-state index >= 15 is 0 Å². The maximum atomic E-state index is 12.9. The van der Waals surface area contributed by atoms with Crippen molar-refractivity contribution in [3.8, 4) is 5.75 Å². The molecule has 1 aromatic heterocycles. The molecule has 2 aromatic rings. The quantitative estimate of drug-likeness (QED) is 0.0609. The normalized spacial score (nSPS) is 11.2. The van der Waals surface area contributed by atoms with E-state index in [1.807, 2.05) is 0 Å². The van der Waals surface area contributed by atoms with Crippen LogP contribution in [0.1, 0.15) is 87.4 Å². The molecule has 2 amide bonds. The zero-order valence-electron chi connectivity index (χ0n) is 32.8. The molecule has 1 aromatic carbocycles. The molecule has 0 radical (unpaired) electrons. The molecule has 1 heterocycles. The zero-order chi connectivity index (χ0) is 41.4. The van der Waals surface area contributed by atoms with Crippen molar-refractivity contribution in [2.24, 2.45) is 0 Å². The Morgan fingerprint density at radius 3 is 1.74 bits per heavy atom. The molecule has 0 aliphatic heterocycles. The molecule has 17 nitrogen and oxygen atoms in total. The third-order valence-corrected chi connectivity index (χ3v) is 9.77. The van der Waals surface area contributed by atoms with E-state index in [0.29, 0.717) is 23.7 Å². The maximum absolute atomic E-state index is 12.9. The lowest BCUT2D eigenvalue weighted by atomic mass is 10.1. The van der Waals surface area contributed by atoms with Crippen LogP contribution in [-0.2, 0) is 43.2 Å². The molecule has 0 fully saturated rings. The van der Waals surface area contributed by atoms with Gasteiger partial charge in [-0.1, -0.05) is 57.8 Å². The molecule has 18 heteroatoms. The minimum absolute atomic E-state index is 0.146. The van der Waals surface area contributed by atoms with Crippen molar-refractivity contribution in [2.45, 2.75) is 81.9 Å². The van der Waals surface area contributed by atoms with E-state index in [9.17, 15) is 27.6 Å². The Hall–Kier alpha value is -4.36. The highest BCUT2D eigenvalue weighted by atomic mass is 32.2. The summed E-state index contributed by atoms with van der Waals surface area (Å²) in [4.78, 5) is 49.3. The lowest BCUT2D eigenvalue weighted by Gasteiger charge is -2.10. The maximum Gasteiger partial charge on any atom is 0.329 e. The summed E-state index contributed by atoms with van der Waals surface area (Å²) >= 11 is 0. The number of benzene rings is 1. The summed E-state index contributed by atoms with van der Waals surface area (Å²) in [5.74, 6) is -1.93. The third-order valence-electron chi connectivity index (χ3n) is 8.26. The molecular weight excluding hydrogens is 765 g/mol. The van der Waals surface area contributed by atoms with Gasteiger partial charge in [-0.05, 0) is 49.2 Å². The van der Waals surface area contributed by atoms with Gasteiger partial charge in [0, 0.05) is 25.7 Å². The molecule has 2 rings (SSSR count). The second-order valence-corrected chi connectivity index (χ2v) is 15.0. The predicted octanol–water partition coefficient (Wildman–Crippen LogP) is 4.07. The van der Waals surface area contributed by atoms with E-state index in [1.54, 1.807) is 12.1 Å². The summed E-state index contributed by atoms with van der Waals surface area (Å²) in [6.45, 7) is 1.75. The van der Waals surface area contributed by atoms with Crippen molar-refractivity contribution < 1.29 is 61.5 Å². The van der Waals surface area contributed by atoms with Crippen LogP contribution in [0.2, 0.25) is 0 Å². The highest BCUT2D eigenvalue weighted by Crippen LogP contribution is 2.19. The SMILES string of the molecule is O=C(O)CCCCCCCCCCCCCOc1ccc(S(=O)(=O)CNc2ccc(C(=O)NCCOCCOCC(=O)NCCOCCOCC(=O)O)cn2)cc1. The number of ether oxygens (including phenoxy) is 5. The van der Waals surface area contributed by atoms with Crippen LogP contribution >= 0.6 is 0 Å². The van der Waals surface area contributed by atoms with Crippen molar-refractivity contribution in [1.82, 2.24) is 15.6 Å². The first kappa shape index (κ1) is 48.8. The number of unbranched alkanes of at least 4 members (excludes halogenated alkanes) is 10. The number of carboxylic acid groups (broad SMARTS) is 2. The number of anilines is 1. The van der Waals surface area contributed by atoms with E-state index in [2.05, 4.69) is 20.9 Å². The number of carbonyl (C=O) groups excluding carboxylic acids is 2. The monoisotopic (exact) mass is 824 g/mol. The summed E-state index contributed by atoms with van der Waals surface area (Å²) in [6, 6.07) is 9.39. The van der Waals surface area contributed by atoms with E-state index in [0.717, 1.165) is 38.5 Å². The molecule has 0 saturated carbocycles. The molecule has 5 N–H and O–H groups in total. The molecule has 0 atom stereocenters. The van der Waals surface area contributed by atoms with Crippen LogP contribution in [0.5, 0.6) is 5.75 Å². The predicted molar refractivity (Wildman–Crippen MR) is 211 cm³/mol. The average Bonchev–Trinajstić information content (AvgIpc) is 3.19. The first-order valence-corrected chi connectivity index (χ1v) is 21.2. The molecular formula is C39H60N4O13S. The van der Waals surface area contributed by atoms with Crippen LogP contribution in [0.25, 0.3) is 0 Å². The number of sulfone groups is 1. The number of aliphatic carboxylic acids is 2. The van der Waals surface area contributed by atoms with E-state index in [1.165, 1.54) is 62.6 Å². The van der Waals surface area contributed by atoms with Crippen molar-refractivity contribution in [2.75, 3.05) is 83.7 Å². The fourth-order valence-electron chi connectivity index (χ4n) is 5.20. The zero-order valence-corrected chi connectivity index (χ0v) is 33.6. The summed E-state index contributed by atoms with van der Waals surface area (Å²) in [7, 11) is -3.66. The van der Waals surface area contributed by atoms with Gasteiger partial charge in [0.15, 0.2) is 9.84 Å². The van der Waals surface area contributed by atoms with Crippen LogP contribution in [0.4, 0.5) is 5.82 Å². The molecule has 57 heavy (non-hydrogen) atoms. The second-order valence-electron chi connectivity index (χ2n) is 13.1. The fraction of sp³-hybridized carbons (Fsp3) is 0.615. The number of rotatable bonds is 36. The Morgan fingerprint density at radius 1 is 0.596 bits per heavy atom. The average molecular weight is 825 g/mol. The third kappa shape index (κ3) is 25.5. The summed E-state index contributed by atoms with van der Waals surface area (Å²) in [5, 5.41) is 25.2. The molecule has 0 unspecified atom stereocenters. The molecule has 320 valence electrons. The van der Waals surface area contributed by atoms with E-state index < -0.39 is 21.8 Å². The molecule has 0 aliphatic rings. The van der Waals surface area contributed by atoms with Gasteiger partial charge >= 0.3 is 11.9 Å². The van der Waals surface area contributed by atoms with Gasteiger partial charge in [0.25, 0.3) is 5.91 Å². The van der Waals surface area contributed by atoms with Crippen LogP contribution < -0.4 is 20.7 Å². The highest BCUT2D eigenvalue weighted by molar-refractivity contribution is 7.91. The number of pyridine rings is 1. The summed E-state index contributed by atoms with van der Waals surface area (Å²) in [6.07, 6.45) is 13.6. The minimum Gasteiger partial charge on any atom is -0.494 e. The van der Waals surface area contributed by atoms with E-state index in [4.69, 9.17) is 33.9 Å². The van der Waals surface area contributed by atoms with Gasteiger partial charge in [-0.2, -0.15) is 0 Å². The van der Waals surface area contributed by atoms with Crippen LogP contribution in [0.3, 0.4) is 0 Å². The fourth-order valence-corrected chi connectivity index (χ4v) is 6.26. The number of nitrogens with one attached hydrogen (secondary N) is 3. The number of hydrogen-bond acceptors (Lipinski definition) is 13. The Kier molecular flexibility index (Phi) is 26.3. The van der Waals surface area contributed by atoms with Gasteiger partial charge in [0.2, 0.25) is 5.91 Å². The van der Waals surface area contributed by atoms with Gasteiger partial charge in [0.1, 0.15) is 30.7 Å². The first-order valence-electron chi connectivity index (χ1n) is 19.5. The first-order chi connectivity index (χ1) is 27.6. The molecule has 0 aliphatic carbocycles. The summed E-state index contributed by atoms with van der Waals surface area (Å²) in [5.41, 5.74) is 0.292. The second kappa shape index (κ2) is 30.7. The Labute approximate surface area is 335 Å². The van der Waals surface area contributed by atoms with Gasteiger partial charge in [-0.3, -0.25) is 14.4 Å². The smallest absolute Gasteiger partial charge is 0.329 e. The number of aromatic nitrogens is 1. The standard InChI is InChI=1S/C39H60N4O13S/c44-36(40-19-22-52-25-27-55-30-38(47)48)29-54-26-24-53-23-20-41-39(49)32-13-18-35(42-28-32)43-31-57(50,51)34-16-14-33(15-17-34)56-21-11-9-7-5-3-1-2-4-6-8-10-12-37(45)46/h13-18,28H,1-12,19-27,29-31H2,(H,40,44)(H,41,49)(H,42,43)(H,45,46)(H,47,48). The van der Waals surface area contributed by atoms with Crippen molar-refractivity contribution in [1.29, 1.82) is 0 Å². The van der Waals surface area contributed by atoms with Gasteiger partial charge in [0.05, 0.1) is 56.7 Å². The number of amides is 2. The van der Waals surface area contributed by atoms with Gasteiger partial charge in [-0.15, -0.1) is 0 Å². The lowest BCUT2D eigenvalue weighted by molar-refractivity contribution is -0.143. The number of hydrogen-bond donors (Lipinski definition) is 5. The number of nitrogens with zero attached hydrogens (tertiary/aromatic N) is 1. The summed E-state index contributed by atoms with van der Waals surface area (Å²) < 4.78 is 52.2.